The van der Waals surface area contributed by atoms with Crippen molar-refractivity contribution in [2.24, 2.45) is 0 Å². The Balaban J connectivity index is 1.84. The number of thiocarbonyl (C=S) groups is 1. The highest BCUT2D eigenvalue weighted by Crippen LogP contribution is 2.36. The van der Waals surface area contributed by atoms with Crippen molar-refractivity contribution in [2.45, 2.75) is 13.8 Å². The highest BCUT2D eigenvalue weighted by Gasteiger charge is 2.33. The fourth-order valence-electron chi connectivity index (χ4n) is 2.80. The first-order chi connectivity index (χ1) is 12.5. The number of hydrogen-bond donors (Lipinski definition) is 0. The predicted molar refractivity (Wildman–Crippen MR) is 112 cm³/mol. The van der Waals surface area contributed by atoms with E-state index in [4.69, 9.17) is 12.2 Å². The summed E-state index contributed by atoms with van der Waals surface area (Å²) in [4.78, 5) is 17.1. The van der Waals surface area contributed by atoms with Gasteiger partial charge in [0.1, 0.15) is 5.82 Å². The van der Waals surface area contributed by atoms with Gasteiger partial charge in [0.05, 0.1) is 10.6 Å². The third-order valence-corrected chi connectivity index (χ3v) is 5.50. The van der Waals surface area contributed by atoms with Crippen molar-refractivity contribution in [1.82, 2.24) is 0 Å². The molecule has 0 bridgehead atoms. The van der Waals surface area contributed by atoms with Crippen molar-refractivity contribution >= 4 is 51.7 Å². The molecular weight excluding hydrogens is 367 g/mol. The summed E-state index contributed by atoms with van der Waals surface area (Å²) in [5.74, 6) is -0.456. The first kappa shape index (κ1) is 18.6. The average molecular weight is 387 g/mol. The van der Waals surface area contributed by atoms with Gasteiger partial charge in [-0.05, 0) is 61.9 Å². The average Bonchev–Trinajstić information content (AvgIpc) is 2.92. The first-order valence-electron chi connectivity index (χ1n) is 8.42. The molecule has 3 nitrogen and oxygen atoms in total. The summed E-state index contributed by atoms with van der Waals surface area (Å²) in [6.45, 7) is 6.08. The molecule has 0 N–H and O–H groups in total. The van der Waals surface area contributed by atoms with Gasteiger partial charge in [-0.25, -0.2) is 4.39 Å². The van der Waals surface area contributed by atoms with Crippen molar-refractivity contribution in [3.05, 3.63) is 64.8 Å². The lowest BCUT2D eigenvalue weighted by Crippen LogP contribution is -2.27. The zero-order chi connectivity index (χ0) is 18.7. The maximum absolute atomic E-state index is 13.0. The Morgan fingerprint density at radius 3 is 2.27 bits per heavy atom. The van der Waals surface area contributed by atoms with Gasteiger partial charge in [-0.1, -0.05) is 36.1 Å². The number of carbonyl (C=O) groups is 1. The van der Waals surface area contributed by atoms with E-state index in [9.17, 15) is 9.18 Å². The molecule has 0 unspecified atom stereocenters. The lowest BCUT2D eigenvalue weighted by Gasteiger charge is -2.22. The van der Waals surface area contributed by atoms with Crippen LogP contribution < -0.4 is 9.80 Å². The van der Waals surface area contributed by atoms with Crippen LogP contribution in [0.1, 0.15) is 19.4 Å². The van der Waals surface area contributed by atoms with E-state index in [2.05, 4.69) is 18.7 Å². The Labute approximate surface area is 162 Å². The third-order valence-electron chi connectivity index (χ3n) is 4.20. The maximum Gasteiger partial charge on any atom is 0.270 e. The molecule has 0 spiro atoms. The minimum Gasteiger partial charge on any atom is -0.372 e. The van der Waals surface area contributed by atoms with Gasteiger partial charge in [0, 0.05) is 18.8 Å². The molecule has 134 valence electrons. The summed E-state index contributed by atoms with van der Waals surface area (Å²) in [7, 11) is 0. The van der Waals surface area contributed by atoms with E-state index in [1.54, 1.807) is 23.1 Å². The number of nitrogens with zero attached hydrogens (tertiary/aromatic N) is 2. The Bertz CT molecular complexity index is 843. The molecule has 0 atom stereocenters. The van der Waals surface area contributed by atoms with E-state index in [1.807, 2.05) is 24.3 Å². The highest BCUT2D eigenvalue weighted by atomic mass is 32.2. The molecule has 0 saturated carbocycles. The molecule has 1 amide bonds. The van der Waals surface area contributed by atoms with Crippen LogP contribution in [0.3, 0.4) is 0 Å². The zero-order valence-corrected chi connectivity index (χ0v) is 16.2. The van der Waals surface area contributed by atoms with Crippen LogP contribution in [-0.4, -0.2) is 23.3 Å². The second kappa shape index (κ2) is 8.01. The van der Waals surface area contributed by atoms with Crippen molar-refractivity contribution in [3.8, 4) is 0 Å². The van der Waals surface area contributed by atoms with E-state index in [1.165, 1.54) is 23.9 Å². The normalized spacial score (nSPS) is 15.8. The van der Waals surface area contributed by atoms with Crippen molar-refractivity contribution in [1.29, 1.82) is 0 Å². The molecule has 0 radical (unpaired) electrons. The SMILES string of the molecule is CCN(CC)c1ccc(N2C(=O)/C(=C/c3ccc(F)cc3)SC2=S)cc1. The molecule has 1 heterocycles. The number of carbonyl (C=O) groups excluding carboxylic acids is 1. The smallest absolute Gasteiger partial charge is 0.270 e. The van der Waals surface area contributed by atoms with Crippen molar-refractivity contribution in [3.63, 3.8) is 0 Å². The van der Waals surface area contributed by atoms with Crippen LogP contribution in [0, 0.1) is 5.82 Å². The van der Waals surface area contributed by atoms with Crippen LogP contribution in [0.25, 0.3) is 6.08 Å². The summed E-state index contributed by atoms with van der Waals surface area (Å²) in [6, 6.07) is 13.9. The van der Waals surface area contributed by atoms with E-state index in [0.717, 1.165) is 30.0 Å². The van der Waals surface area contributed by atoms with Crippen LogP contribution in [0.4, 0.5) is 15.8 Å². The topological polar surface area (TPSA) is 23.6 Å². The van der Waals surface area contributed by atoms with Gasteiger partial charge in [0.25, 0.3) is 5.91 Å². The van der Waals surface area contributed by atoms with Crippen LogP contribution in [0.15, 0.2) is 53.4 Å². The Morgan fingerprint density at radius 1 is 1.08 bits per heavy atom. The highest BCUT2D eigenvalue weighted by molar-refractivity contribution is 8.27. The maximum atomic E-state index is 13.0. The molecule has 0 aromatic heterocycles. The lowest BCUT2D eigenvalue weighted by molar-refractivity contribution is -0.113. The molecule has 1 aliphatic rings. The van der Waals surface area contributed by atoms with Crippen molar-refractivity contribution < 1.29 is 9.18 Å². The fourth-order valence-corrected chi connectivity index (χ4v) is 4.10. The first-order valence-corrected chi connectivity index (χ1v) is 9.64. The molecule has 6 heteroatoms. The van der Waals surface area contributed by atoms with Gasteiger partial charge in [0.15, 0.2) is 4.32 Å². The number of halogens is 1. The molecule has 26 heavy (non-hydrogen) atoms. The van der Waals surface area contributed by atoms with E-state index in [-0.39, 0.29) is 11.7 Å². The molecule has 3 rings (SSSR count). The Hall–Kier alpha value is -2.18. The third kappa shape index (κ3) is 3.81. The van der Waals surface area contributed by atoms with Crippen molar-refractivity contribution in [2.75, 3.05) is 22.9 Å². The Morgan fingerprint density at radius 2 is 1.69 bits per heavy atom. The number of rotatable bonds is 5. The van der Waals surface area contributed by atoms with Crippen LogP contribution in [0.2, 0.25) is 0 Å². The molecule has 0 aliphatic carbocycles. The number of hydrogen-bond acceptors (Lipinski definition) is 4. The molecular formula is C20H19FN2OS2. The van der Waals surface area contributed by atoms with Gasteiger partial charge in [-0.2, -0.15) is 0 Å². The largest absolute Gasteiger partial charge is 0.372 e. The second-order valence-corrected chi connectivity index (χ2v) is 7.43. The predicted octanol–water partition coefficient (Wildman–Crippen LogP) is 5.08. The van der Waals surface area contributed by atoms with Gasteiger partial charge in [0.2, 0.25) is 0 Å². The minimum atomic E-state index is -0.303. The Kier molecular flexibility index (Phi) is 5.74. The number of benzene rings is 2. The minimum absolute atomic E-state index is 0.153. The lowest BCUT2D eigenvalue weighted by atomic mass is 10.2. The zero-order valence-electron chi connectivity index (χ0n) is 14.6. The molecule has 1 aliphatic heterocycles. The monoisotopic (exact) mass is 386 g/mol. The van der Waals surface area contributed by atoms with Crippen LogP contribution in [0.5, 0.6) is 0 Å². The number of thioether (sulfide) groups is 1. The van der Waals surface area contributed by atoms with E-state index in [0.29, 0.717) is 9.23 Å². The fraction of sp³-hybridized carbons (Fsp3) is 0.200. The molecule has 2 aromatic carbocycles. The standard InChI is InChI=1S/C20H19FN2OS2/c1-3-22(4-2)16-9-11-17(12-10-16)23-19(24)18(26-20(23)25)13-14-5-7-15(21)8-6-14/h5-13H,3-4H2,1-2H3/b18-13-. The summed E-state index contributed by atoms with van der Waals surface area (Å²) in [5, 5.41) is 0. The van der Waals surface area contributed by atoms with Crippen LogP contribution >= 0.6 is 24.0 Å². The van der Waals surface area contributed by atoms with Gasteiger partial charge in [-0.15, -0.1) is 0 Å². The summed E-state index contributed by atoms with van der Waals surface area (Å²) in [6.07, 6.45) is 1.74. The van der Waals surface area contributed by atoms with Crippen LogP contribution in [-0.2, 0) is 4.79 Å². The summed E-state index contributed by atoms with van der Waals surface area (Å²) >= 11 is 6.66. The number of anilines is 2. The molecule has 2 aromatic rings. The molecule has 1 saturated heterocycles. The van der Waals surface area contributed by atoms with Gasteiger partial charge in [-0.3, -0.25) is 9.69 Å². The van der Waals surface area contributed by atoms with E-state index >= 15 is 0 Å². The summed E-state index contributed by atoms with van der Waals surface area (Å²) in [5.41, 5.74) is 2.64. The summed E-state index contributed by atoms with van der Waals surface area (Å²) < 4.78 is 13.5. The number of amides is 1. The second-order valence-electron chi connectivity index (χ2n) is 5.76. The van der Waals surface area contributed by atoms with E-state index < -0.39 is 0 Å². The quantitative estimate of drug-likeness (QED) is 0.528. The van der Waals surface area contributed by atoms with Gasteiger partial charge < -0.3 is 4.90 Å². The van der Waals surface area contributed by atoms with Gasteiger partial charge >= 0.3 is 0 Å². The molecule has 1 fully saturated rings.